The second-order valence-corrected chi connectivity index (χ2v) is 4.23. The van der Waals surface area contributed by atoms with Crippen LogP contribution in [0.3, 0.4) is 0 Å². The van der Waals surface area contributed by atoms with Crippen LogP contribution in [0.15, 0.2) is 24.3 Å². The van der Waals surface area contributed by atoms with E-state index in [0.717, 1.165) is 12.2 Å². The molecule has 0 amide bonds. The Kier molecular flexibility index (Phi) is 4.63. The molecule has 2 heteroatoms. The normalized spacial score (nSPS) is 12.9. The van der Waals surface area contributed by atoms with Gasteiger partial charge in [-0.05, 0) is 43.5 Å². The van der Waals surface area contributed by atoms with Crippen LogP contribution in [0.2, 0.25) is 0 Å². The second-order valence-electron chi connectivity index (χ2n) is 4.23. The number of hydrogen-bond acceptors (Lipinski definition) is 2. The smallest absolute Gasteiger partial charge is 0.119 e. The van der Waals surface area contributed by atoms with Gasteiger partial charge in [0.15, 0.2) is 0 Å². The van der Waals surface area contributed by atoms with Crippen molar-refractivity contribution in [3.05, 3.63) is 29.8 Å². The van der Waals surface area contributed by atoms with E-state index in [2.05, 4.69) is 32.9 Å². The molecule has 0 bridgehead atoms. The van der Waals surface area contributed by atoms with Gasteiger partial charge in [0.05, 0.1) is 6.10 Å². The molecular weight excluding hydrogens is 186 g/mol. The number of benzene rings is 1. The largest absolute Gasteiger partial charge is 0.491 e. The van der Waals surface area contributed by atoms with Gasteiger partial charge in [0, 0.05) is 0 Å². The van der Waals surface area contributed by atoms with Gasteiger partial charge in [0.1, 0.15) is 5.75 Å². The SMILES string of the molecule is CC(CCN)Oc1cccc(C(C)C)c1. The molecule has 1 rings (SSSR count). The molecule has 0 fully saturated rings. The van der Waals surface area contributed by atoms with Crippen LogP contribution in [0, 0.1) is 0 Å². The fourth-order valence-electron chi connectivity index (χ4n) is 1.47. The summed E-state index contributed by atoms with van der Waals surface area (Å²) in [5, 5.41) is 0. The number of hydrogen-bond donors (Lipinski definition) is 1. The van der Waals surface area contributed by atoms with Crippen molar-refractivity contribution in [2.24, 2.45) is 5.73 Å². The highest BCUT2D eigenvalue weighted by molar-refractivity contribution is 5.30. The van der Waals surface area contributed by atoms with Gasteiger partial charge in [-0.3, -0.25) is 0 Å². The van der Waals surface area contributed by atoms with E-state index < -0.39 is 0 Å². The lowest BCUT2D eigenvalue weighted by Crippen LogP contribution is -2.16. The standard InChI is InChI=1S/C13H21NO/c1-10(2)12-5-4-6-13(9-12)15-11(3)7-8-14/h4-6,9-11H,7-8,14H2,1-3H3. The lowest BCUT2D eigenvalue weighted by molar-refractivity contribution is 0.213. The van der Waals surface area contributed by atoms with Crippen molar-refractivity contribution in [1.82, 2.24) is 0 Å². The van der Waals surface area contributed by atoms with Crippen molar-refractivity contribution < 1.29 is 4.74 Å². The first-order valence-electron chi connectivity index (χ1n) is 5.60. The predicted molar refractivity (Wildman–Crippen MR) is 64.3 cm³/mol. The maximum Gasteiger partial charge on any atom is 0.119 e. The molecular formula is C13H21NO. The summed E-state index contributed by atoms with van der Waals surface area (Å²) in [6, 6.07) is 8.28. The monoisotopic (exact) mass is 207 g/mol. The highest BCUT2D eigenvalue weighted by Crippen LogP contribution is 2.21. The van der Waals surface area contributed by atoms with Crippen LogP contribution in [0.1, 0.15) is 38.7 Å². The van der Waals surface area contributed by atoms with E-state index in [0.29, 0.717) is 12.5 Å². The average molecular weight is 207 g/mol. The number of nitrogens with two attached hydrogens (primary N) is 1. The Morgan fingerprint density at radius 2 is 2.00 bits per heavy atom. The molecule has 0 saturated carbocycles. The zero-order valence-electron chi connectivity index (χ0n) is 9.86. The van der Waals surface area contributed by atoms with Gasteiger partial charge < -0.3 is 10.5 Å². The van der Waals surface area contributed by atoms with E-state index in [4.69, 9.17) is 10.5 Å². The molecule has 15 heavy (non-hydrogen) atoms. The zero-order chi connectivity index (χ0) is 11.3. The summed E-state index contributed by atoms with van der Waals surface area (Å²) in [5.41, 5.74) is 6.79. The van der Waals surface area contributed by atoms with Crippen molar-refractivity contribution in [2.75, 3.05) is 6.54 Å². The van der Waals surface area contributed by atoms with Gasteiger partial charge in [0.25, 0.3) is 0 Å². The molecule has 0 aromatic heterocycles. The molecule has 0 spiro atoms. The zero-order valence-corrected chi connectivity index (χ0v) is 9.86. The maximum atomic E-state index is 5.77. The van der Waals surface area contributed by atoms with Crippen molar-refractivity contribution in [1.29, 1.82) is 0 Å². The van der Waals surface area contributed by atoms with Crippen LogP contribution >= 0.6 is 0 Å². The first-order valence-corrected chi connectivity index (χ1v) is 5.60. The Labute approximate surface area is 92.4 Å². The first-order chi connectivity index (χ1) is 7.13. The van der Waals surface area contributed by atoms with Gasteiger partial charge in [0.2, 0.25) is 0 Å². The Balaban J connectivity index is 2.65. The van der Waals surface area contributed by atoms with Crippen LogP contribution in [0.4, 0.5) is 0 Å². The lowest BCUT2D eigenvalue weighted by Gasteiger charge is -2.15. The maximum absolute atomic E-state index is 5.77. The van der Waals surface area contributed by atoms with Crippen LogP contribution in [0.25, 0.3) is 0 Å². The molecule has 1 aromatic carbocycles. The first kappa shape index (κ1) is 12.1. The third-order valence-corrected chi connectivity index (χ3v) is 2.44. The van der Waals surface area contributed by atoms with Crippen LogP contribution < -0.4 is 10.5 Å². The Morgan fingerprint density at radius 3 is 2.60 bits per heavy atom. The summed E-state index contributed by atoms with van der Waals surface area (Å²) in [6.07, 6.45) is 1.09. The fourth-order valence-corrected chi connectivity index (χ4v) is 1.47. The van der Waals surface area contributed by atoms with E-state index >= 15 is 0 Å². The summed E-state index contributed by atoms with van der Waals surface area (Å²) in [6.45, 7) is 7.09. The van der Waals surface area contributed by atoms with Crippen LogP contribution in [0.5, 0.6) is 5.75 Å². The minimum absolute atomic E-state index is 0.192. The van der Waals surface area contributed by atoms with Crippen molar-refractivity contribution >= 4 is 0 Å². The minimum atomic E-state index is 0.192. The molecule has 2 nitrogen and oxygen atoms in total. The number of ether oxygens (including phenoxy) is 1. The van der Waals surface area contributed by atoms with Crippen LogP contribution in [-0.4, -0.2) is 12.6 Å². The van der Waals surface area contributed by atoms with Gasteiger partial charge in [-0.1, -0.05) is 26.0 Å². The molecule has 1 unspecified atom stereocenters. The van der Waals surface area contributed by atoms with E-state index in [1.165, 1.54) is 5.56 Å². The van der Waals surface area contributed by atoms with Crippen LogP contribution in [-0.2, 0) is 0 Å². The quantitative estimate of drug-likeness (QED) is 0.805. The molecule has 1 atom stereocenters. The summed E-state index contributed by atoms with van der Waals surface area (Å²) in [7, 11) is 0. The van der Waals surface area contributed by atoms with Crippen molar-refractivity contribution in [3.63, 3.8) is 0 Å². The van der Waals surface area contributed by atoms with E-state index in [1.807, 2.05) is 12.1 Å². The van der Waals surface area contributed by atoms with Crippen molar-refractivity contribution in [3.8, 4) is 5.75 Å². The van der Waals surface area contributed by atoms with Gasteiger partial charge in [-0.25, -0.2) is 0 Å². The molecule has 84 valence electrons. The summed E-state index contributed by atoms with van der Waals surface area (Å²) >= 11 is 0. The highest BCUT2D eigenvalue weighted by atomic mass is 16.5. The van der Waals surface area contributed by atoms with E-state index in [-0.39, 0.29) is 6.10 Å². The third kappa shape index (κ3) is 3.92. The Hall–Kier alpha value is -1.02. The minimum Gasteiger partial charge on any atom is -0.491 e. The molecule has 0 radical (unpaired) electrons. The molecule has 0 aliphatic carbocycles. The Morgan fingerprint density at radius 1 is 1.27 bits per heavy atom. The molecule has 0 aliphatic rings. The fraction of sp³-hybridized carbons (Fsp3) is 0.538. The molecule has 0 aliphatic heterocycles. The van der Waals surface area contributed by atoms with Crippen molar-refractivity contribution in [2.45, 2.75) is 39.2 Å². The summed E-state index contributed by atoms with van der Waals surface area (Å²) < 4.78 is 5.77. The molecule has 0 saturated heterocycles. The summed E-state index contributed by atoms with van der Waals surface area (Å²) in [5.74, 6) is 1.49. The molecule has 2 N–H and O–H groups in total. The second kappa shape index (κ2) is 5.76. The Bertz CT molecular complexity index is 296. The predicted octanol–water partition coefficient (Wildman–Crippen LogP) is 2.93. The average Bonchev–Trinajstić information content (AvgIpc) is 2.18. The summed E-state index contributed by atoms with van der Waals surface area (Å²) in [4.78, 5) is 0. The lowest BCUT2D eigenvalue weighted by atomic mass is 10.0. The van der Waals surface area contributed by atoms with Gasteiger partial charge >= 0.3 is 0 Å². The van der Waals surface area contributed by atoms with E-state index in [1.54, 1.807) is 0 Å². The number of rotatable bonds is 5. The highest BCUT2D eigenvalue weighted by Gasteiger charge is 2.04. The van der Waals surface area contributed by atoms with Gasteiger partial charge in [-0.15, -0.1) is 0 Å². The van der Waals surface area contributed by atoms with Gasteiger partial charge in [-0.2, -0.15) is 0 Å². The molecule has 1 aromatic rings. The third-order valence-electron chi connectivity index (χ3n) is 2.44. The topological polar surface area (TPSA) is 35.2 Å². The molecule has 0 heterocycles. The van der Waals surface area contributed by atoms with E-state index in [9.17, 15) is 0 Å².